The molecule has 1 fully saturated rings. The molecule has 33 heavy (non-hydrogen) atoms. The van der Waals surface area contributed by atoms with Crippen molar-refractivity contribution >= 4 is 51.3 Å². The van der Waals surface area contributed by atoms with Gasteiger partial charge in [0, 0.05) is 19.2 Å². The zero-order chi connectivity index (χ0) is 23.2. The van der Waals surface area contributed by atoms with Gasteiger partial charge in [-0.2, -0.15) is 5.10 Å². The Bertz CT molecular complexity index is 1280. The number of hydrazone groups is 1. The van der Waals surface area contributed by atoms with Gasteiger partial charge in [0.2, 0.25) is 0 Å². The summed E-state index contributed by atoms with van der Waals surface area (Å²) in [5.41, 5.74) is 2.95. The molecule has 2 heterocycles. The first-order valence-corrected chi connectivity index (χ1v) is 11.4. The van der Waals surface area contributed by atoms with E-state index in [0.29, 0.717) is 10.0 Å². The standard InChI is InChI=1S/C24H18N4O3S2/c1-26-22(29)24(33-23(26)32)20(16-8-4-2-5-9-16)25-27(18-10-6-3-7-11-18)21(24)17-12-14-19(15-13-17)28(30)31/h2-15,21H,1H3. The number of carbonyl (C=O) groups is 1. The summed E-state index contributed by atoms with van der Waals surface area (Å²) < 4.78 is -0.676. The molecule has 2 atom stereocenters. The van der Waals surface area contributed by atoms with Crippen LogP contribution in [0, 0.1) is 10.1 Å². The second-order valence-corrected chi connectivity index (χ2v) is 9.59. The summed E-state index contributed by atoms with van der Waals surface area (Å²) in [6.07, 6.45) is 0. The molecule has 2 aliphatic heterocycles. The van der Waals surface area contributed by atoms with E-state index in [1.54, 1.807) is 19.2 Å². The third-order valence-electron chi connectivity index (χ3n) is 5.82. The van der Waals surface area contributed by atoms with Crippen molar-refractivity contribution in [2.45, 2.75) is 10.8 Å². The number of non-ortho nitro benzene ring substituents is 1. The fourth-order valence-corrected chi connectivity index (χ4v) is 6.06. The Morgan fingerprint density at radius 2 is 1.61 bits per heavy atom. The number of carbonyl (C=O) groups excluding carboxylic acids is 1. The highest BCUT2D eigenvalue weighted by Gasteiger charge is 2.64. The van der Waals surface area contributed by atoms with Crippen LogP contribution in [0.15, 0.2) is 90.0 Å². The number of anilines is 1. The quantitative estimate of drug-likeness (QED) is 0.307. The lowest BCUT2D eigenvalue weighted by atomic mass is 9.84. The summed E-state index contributed by atoms with van der Waals surface area (Å²) in [6, 6.07) is 24.9. The molecule has 0 N–H and O–H groups in total. The van der Waals surface area contributed by atoms with E-state index in [0.717, 1.165) is 16.8 Å². The van der Waals surface area contributed by atoms with E-state index in [1.807, 2.05) is 65.7 Å². The first kappa shape index (κ1) is 21.3. The minimum absolute atomic E-state index is 0.0145. The Balaban J connectivity index is 1.76. The van der Waals surface area contributed by atoms with Crippen LogP contribution in [-0.4, -0.2) is 37.6 Å². The summed E-state index contributed by atoms with van der Waals surface area (Å²) in [4.78, 5) is 26.2. The van der Waals surface area contributed by atoms with Crippen molar-refractivity contribution in [3.8, 4) is 0 Å². The molecule has 0 bridgehead atoms. The van der Waals surface area contributed by atoms with Crippen molar-refractivity contribution < 1.29 is 9.72 Å². The Hall–Kier alpha value is -3.56. The van der Waals surface area contributed by atoms with Crippen molar-refractivity contribution in [3.05, 3.63) is 106 Å². The molecule has 3 aromatic rings. The summed E-state index contributed by atoms with van der Waals surface area (Å²) in [7, 11) is 1.67. The van der Waals surface area contributed by atoms with Gasteiger partial charge >= 0.3 is 0 Å². The molecule has 1 spiro atoms. The van der Waals surface area contributed by atoms with Crippen LogP contribution in [0.2, 0.25) is 0 Å². The van der Waals surface area contributed by atoms with Crippen molar-refractivity contribution in [1.29, 1.82) is 0 Å². The van der Waals surface area contributed by atoms with E-state index < -0.39 is 15.7 Å². The normalized spacial score (nSPS) is 22.2. The Labute approximate surface area is 199 Å². The fraction of sp³-hybridized carbons (Fsp3) is 0.125. The van der Waals surface area contributed by atoms with Gasteiger partial charge in [-0.1, -0.05) is 72.5 Å². The third kappa shape index (κ3) is 3.32. The molecule has 1 amide bonds. The van der Waals surface area contributed by atoms with Crippen LogP contribution in [-0.2, 0) is 4.79 Å². The fourth-order valence-electron chi connectivity index (χ4n) is 4.26. The van der Waals surface area contributed by atoms with Gasteiger partial charge in [-0.05, 0) is 35.4 Å². The number of nitro groups is 1. The van der Waals surface area contributed by atoms with Crippen molar-refractivity contribution in [2.75, 3.05) is 12.1 Å². The Morgan fingerprint density at radius 1 is 1.00 bits per heavy atom. The SMILES string of the molecule is CN1C(=O)C2(SC1=S)C(c1ccccc1)=NN(c1ccccc1)C2c1ccc([N+](=O)[O-])cc1. The van der Waals surface area contributed by atoms with Gasteiger partial charge < -0.3 is 0 Å². The van der Waals surface area contributed by atoms with E-state index >= 15 is 0 Å². The zero-order valence-electron chi connectivity index (χ0n) is 17.5. The number of rotatable bonds is 4. The number of hydrogen-bond acceptors (Lipinski definition) is 7. The average Bonchev–Trinajstić information content (AvgIpc) is 3.30. The predicted molar refractivity (Wildman–Crippen MR) is 133 cm³/mol. The molecule has 9 heteroatoms. The van der Waals surface area contributed by atoms with E-state index in [4.69, 9.17) is 17.3 Å². The van der Waals surface area contributed by atoms with Crippen LogP contribution in [0.5, 0.6) is 0 Å². The monoisotopic (exact) mass is 474 g/mol. The molecule has 0 saturated carbocycles. The summed E-state index contributed by atoms with van der Waals surface area (Å²) in [5, 5.41) is 18.1. The van der Waals surface area contributed by atoms with Crippen LogP contribution in [0.25, 0.3) is 0 Å². The van der Waals surface area contributed by atoms with Gasteiger partial charge in [-0.15, -0.1) is 0 Å². The molecule has 3 aromatic carbocycles. The number of nitro benzene ring substituents is 1. The van der Waals surface area contributed by atoms with Gasteiger partial charge in [-0.25, -0.2) is 0 Å². The molecule has 2 unspecified atom stereocenters. The summed E-state index contributed by atoms with van der Waals surface area (Å²) in [5.74, 6) is -0.165. The second kappa shape index (κ2) is 8.09. The van der Waals surface area contributed by atoms with E-state index in [1.165, 1.54) is 28.8 Å². The van der Waals surface area contributed by atoms with Gasteiger partial charge in [0.1, 0.15) is 10.4 Å². The molecule has 164 valence electrons. The number of hydrogen-bond donors (Lipinski definition) is 0. The van der Waals surface area contributed by atoms with Crippen LogP contribution < -0.4 is 5.01 Å². The number of amides is 1. The van der Waals surface area contributed by atoms with E-state index in [-0.39, 0.29) is 11.6 Å². The Morgan fingerprint density at radius 3 is 2.15 bits per heavy atom. The lowest BCUT2D eigenvalue weighted by molar-refractivity contribution is -0.384. The number of thiocarbonyl (C=S) groups is 1. The maximum absolute atomic E-state index is 13.9. The highest BCUT2D eigenvalue weighted by atomic mass is 32.2. The lowest BCUT2D eigenvalue weighted by Crippen LogP contribution is -2.49. The molecule has 7 nitrogen and oxygen atoms in total. The van der Waals surface area contributed by atoms with Crippen LogP contribution in [0.1, 0.15) is 17.2 Å². The van der Waals surface area contributed by atoms with Crippen LogP contribution >= 0.6 is 24.0 Å². The van der Waals surface area contributed by atoms with Crippen LogP contribution in [0.3, 0.4) is 0 Å². The van der Waals surface area contributed by atoms with E-state index in [2.05, 4.69) is 0 Å². The molecule has 0 aliphatic carbocycles. The predicted octanol–water partition coefficient (Wildman–Crippen LogP) is 4.79. The summed E-state index contributed by atoms with van der Waals surface area (Å²) in [6.45, 7) is 0. The van der Waals surface area contributed by atoms with Gasteiger partial charge in [-0.3, -0.25) is 24.8 Å². The maximum atomic E-state index is 13.9. The minimum atomic E-state index is -1.14. The van der Waals surface area contributed by atoms with Crippen molar-refractivity contribution in [3.63, 3.8) is 0 Å². The first-order valence-electron chi connectivity index (χ1n) is 10.2. The topological polar surface area (TPSA) is 79.0 Å². The molecular formula is C24H18N4O3S2. The number of para-hydroxylation sites is 1. The summed E-state index contributed by atoms with van der Waals surface area (Å²) >= 11 is 6.86. The highest BCUT2D eigenvalue weighted by molar-refractivity contribution is 8.25. The molecule has 5 rings (SSSR count). The molecule has 0 radical (unpaired) electrons. The minimum Gasteiger partial charge on any atom is -0.299 e. The largest absolute Gasteiger partial charge is 0.299 e. The van der Waals surface area contributed by atoms with Gasteiger partial charge in [0.15, 0.2) is 4.75 Å². The maximum Gasteiger partial charge on any atom is 0.269 e. The molecular weight excluding hydrogens is 456 g/mol. The molecule has 0 aromatic heterocycles. The van der Waals surface area contributed by atoms with Gasteiger partial charge in [0.05, 0.1) is 16.3 Å². The smallest absolute Gasteiger partial charge is 0.269 e. The second-order valence-electron chi connectivity index (χ2n) is 7.71. The van der Waals surface area contributed by atoms with Gasteiger partial charge in [0.25, 0.3) is 11.6 Å². The van der Waals surface area contributed by atoms with E-state index in [9.17, 15) is 14.9 Å². The highest BCUT2D eigenvalue weighted by Crippen LogP contribution is 2.55. The third-order valence-corrected chi connectivity index (χ3v) is 7.71. The number of nitrogens with zero attached hydrogens (tertiary/aromatic N) is 4. The van der Waals surface area contributed by atoms with Crippen molar-refractivity contribution in [2.24, 2.45) is 5.10 Å². The molecule has 1 saturated heterocycles. The van der Waals surface area contributed by atoms with Crippen LogP contribution in [0.4, 0.5) is 11.4 Å². The Kier molecular flexibility index (Phi) is 5.22. The zero-order valence-corrected chi connectivity index (χ0v) is 19.1. The lowest BCUT2D eigenvalue weighted by Gasteiger charge is -2.33. The average molecular weight is 475 g/mol. The number of thioether (sulfide) groups is 1. The number of benzene rings is 3. The first-order chi connectivity index (χ1) is 15.9. The molecule has 2 aliphatic rings. The van der Waals surface area contributed by atoms with Crippen molar-refractivity contribution in [1.82, 2.24) is 4.90 Å².